The van der Waals surface area contributed by atoms with Crippen LogP contribution in [-0.2, 0) is 65.2 Å². The van der Waals surface area contributed by atoms with Crippen LogP contribution in [0, 0.1) is 20.4 Å². The van der Waals surface area contributed by atoms with Crippen molar-refractivity contribution >= 4 is 126 Å². The number of amides is 4. The Morgan fingerprint density at radius 3 is 1.51 bits per heavy atom. The fourth-order valence-corrected chi connectivity index (χ4v) is 10.7. The number of anilines is 2. The topological polar surface area (TPSA) is 467 Å². The van der Waals surface area contributed by atoms with Gasteiger partial charge in [0.15, 0.2) is 5.84 Å². The van der Waals surface area contributed by atoms with E-state index in [0.717, 1.165) is 52.5 Å². The van der Waals surface area contributed by atoms with E-state index in [4.69, 9.17) is 60.6 Å². The number of carbonyl (C=O) groups excluding carboxylic acids is 7. The third-order valence-electron chi connectivity index (χ3n) is 15.2. The number of nitrogens with two attached hydrogens (primary N) is 2. The molecule has 0 unspecified atom stereocenters. The van der Waals surface area contributed by atoms with E-state index in [0.29, 0.717) is 72.3 Å². The number of oxime groups is 1. The van der Waals surface area contributed by atoms with E-state index in [2.05, 4.69) is 136 Å². The van der Waals surface area contributed by atoms with Crippen molar-refractivity contribution in [1.82, 2.24) is 50.9 Å². The molecule has 0 radical (unpaired) electrons. The SMILES string of the molecule is CC(=O)NC[C@@H]1OC(=O)N2c3ccc(-c4ccc(-c5noc(C)n5)nc4)cc3C[C@@H]12.CC(=O)NC[C@@H]1OC(=O)N2c3ccc(B4OC(C)(C)C(C)(C)O4)cc3C[C@@H]12.CC(=O)OC(C)=O.Cc1nc(-c2ccc(Br)cn2)no1.NC(=NO)c1ccc(Br)cn1.NO.O=CO[O-].[C-]#[N+]c1ccc(Br)cn1.[Na+]. The molecule has 0 spiro atoms. The van der Waals surface area contributed by atoms with Gasteiger partial charge in [0, 0.05) is 74.6 Å². The van der Waals surface area contributed by atoms with Crippen molar-refractivity contribution < 1.29 is 116 Å². The molecule has 104 heavy (non-hydrogen) atoms. The molecule has 0 bridgehead atoms. The van der Waals surface area contributed by atoms with Gasteiger partial charge in [0.2, 0.25) is 35.2 Å². The zero-order valence-electron chi connectivity index (χ0n) is 57.8. The van der Waals surface area contributed by atoms with Gasteiger partial charge in [-0.15, -0.1) is 4.98 Å². The molecule has 13 rings (SSSR count). The maximum Gasteiger partial charge on any atom is 1.00 e. The Morgan fingerprint density at radius 1 is 0.692 bits per heavy atom. The number of hydrogen-bond acceptors (Lipinski definition) is 28. The minimum Gasteiger partial charge on any atom is -0.662 e. The van der Waals surface area contributed by atoms with Gasteiger partial charge in [0.1, 0.15) is 35.5 Å². The van der Waals surface area contributed by atoms with Gasteiger partial charge in [-0.25, -0.2) is 15.5 Å². The van der Waals surface area contributed by atoms with Crippen LogP contribution in [0.25, 0.3) is 39.0 Å². The molecule has 6 aromatic heterocycles. The molecule has 542 valence electrons. The summed E-state index contributed by atoms with van der Waals surface area (Å²) < 4.78 is 39.7. The van der Waals surface area contributed by atoms with Crippen molar-refractivity contribution in [3.63, 3.8) is 0 Å². The summed E-state index contributed by atoms with van der Waals surface area (Å²) in [6.07, 6.45) is 6.55. The number of nitrogens with one attached hydrogen (secondary N) is 2. The smallest absolute Gasteiger partial charge is 0.662 e. The number of rotatable bonds is 10. The number of halogens is 3. The van der Waals surface area contributed by atoms with Crippen LogP contribution < -0.4 is 72.3 Å². The zero-order valence-corrected chi connectivity index (χ0v) is 64.5. The summed E-state index contributed by atoms with van der Waals surface area (Å²) >= 11 is 9.72. The van der Waals surface area contributed by atoms with Crippen LogP contribution in [-0.4, -0.2) is 155 Å². The van der Waals surface area contributed by atoms with E-state index in [1.165, 1.54) is 27.7 Å². The van der Waals surface area contributed by atoms with Gasteiger partial charge in [-0.3, -0.25) is 48.7 Å². The van der Waals surface area contributed by atoms with Crippen LogP contribution in [0.1, 0.15) is 84.0 Å². The van der Waals surface area contributed by atoms with E-state index in [9.17, 15) is 28.8 Å². The third-order valence-corrected chi connectivity index (χ3v) is 16.6. The van der Waals surface area contributed by atoms with E-state index in [-0.39, 0.29) is 90.2 Å². The van der Waals surface area contributed by atoms with Crippen LogP contribution in [0.4, 0.5) is 26.8 Å². The van der Waals surface area contributed by atoms with Gasteiger partial charge in [0.25, 0.3) is 12.3 Å². The summed E-state index contributed by atoms with van der Waals surface area (Å²) in [4.78, 5) is 109. The molecular weight excluding hydrogens is 1570 g/mol. The Balaban J connectivity index is 0.000000237. The quantitative estimate of drug-likeness (QED) is 0.00951. The summed E-state index contributed by atoms with van der Waals surface area (Å²) in [6, 6.07) is 26.1. The molecule has 3 saturated heterocycles. The number of carbonyl (C=O) groups is 7. The number of cyclic esters (lactones) is 2. The Bertz CT molecular complexity index is 4300. The summed E-state index contributed by atoms with van der Waals surface area (Å²) in [6.45, 7) is 23.9. The predicted octanol–water partition coefficient (Wildman–Crippen LogP) is 4.27. The zero-order chi connectivity index (χ0) is 75.9. The van der Waals surface area contributed by atoms with Crippen molar-refractivity contribution in [2.45, 2.75) is 118 Å². The molecule has 34 nitrogen and oxygen atoms in total. The average molecular weight is 1640 g/mol. The van der Waals surface area contributed by atoms with Gasteiger partial charge in [-0.2, -0.15) is 9.97 Å². The number of amidine groups is 1. The van der Waals surface area contributed by atoms with Crippen molar-refractivity contribution in [3.8, 4) is 34.2 Å². The first kappa shape index (κ1) is 85.1. The fraction of sp³-hybridized carbons (Fsp3) is 0.308. The maximum atomic E-state index is 12.4. The number of benzene rings is 2. The van der Waals surface area contributed by atoms with Crippen LogP contribution >= 0.6 is 47.8 Å². The summed E-state index contributed by atoms with van der Waals surface area (Å²) in [7, 11) is -0.433. The van der Waals surface area contributed by atoms with Crippen molar-refractivity contribution in [2.24, 2.45) is 16.8 Å². The minimum atomic E-state index is -0.562. The molecule has 11 heterocycles. The van der Waals surface area contributed by atoms with E-state index in [1.807, 2.05) is 76.2 Å². The molecule has 0 aliphatic carbocycles. The Morgan fingerprint density at radius 2 is 1.13 bits per heavy atom. The first-order valence-electron chi connectivity index (χ1n) is 30.5. The summed E-state index contributed by atoms with van der Waals surface area (Å²) in [5.41, 5.74) is 13.0. The number of hydrogen-bond donors (Lipinski definition) is 6. The number of pyridine rings is 4. The van der Waals surface area contributed by atoms with Gasteiger partial charge in [-0.05, 0) is 165 Å². The molecule has 8 N–H and O–H groups in total. The molecule has 4 atom stereocenters. The number of fused-ring (bicyclic) bond motifs is 6. The second-order valence-corrected chi connectivity index (χ2v) is 25.7. The second kappa shape index (κ2) is 39.9. The molecule has 4 amide bonds. The summed E-state index contributed by atoms with van der Waals surface area (Å²) in [5.74, 6) is 4.54. The number of nitrogens with zero attached hydrogens (tertiary/aromatic N) is 12. The van der Waals surface area contributed by atoms with Crippen LogP contribution in [0.2, 0.25) is 0 Å². The van der Waals surface area contributed by atoms with E-state index in [1.54, 1.807) is 72.7 Å². The predicted molar refractivity (Wildman–Crippen MR) is 376 cm³/mol. The van der Waals surface area contributed by atoms with Gasteiger partial charge in [0.05, 0.1) is 52.2 Å². The fourth-order valence-electron chi connectivity index (χ4n) is 9.95. The van der Waals surface area contributed by atoms with Crippen LogP contribution in [0.5, 0.6) is 0 Å². The van der Waals surface area contributed by atoms with E-state index >= 15 is 0 Å². The molecule has 0 saturated carbocycles. The number of ether oxygens (including phenoxy) is 3. The average Bonchev–Trinajstić information content (AvgIpc) is 1.60. The molecule has 3 fully saturated rings. The molecular formula is C65H69BBr3N16NaO18. The number of aromatic nitrogens is 8. The van der Waals surface area contributed by atoms with Gasteiger partial charge >= 0.3 is 60.8 Å². The van der Waals surface area contributed by atoms with Crippen molar-refractivity contribution in [3.05, 3.63) is 163 Å². The van der Waals surface area contributed by atoms with Crippen molar-refractivity contribution in [1.29, 1.82) is 0 Å². The molecule has 5 aliphatic rings. The first-order chi connectivity index (χ1) is 48.9. The van der Waals surface area contributed by atoms with E-state index < -0.39 is 30.3 Å². The second-order valence-electron chi connectivity index (χ2n) is 23.0. The Labute approximate surface area is 642 Å². The number of aryl methyl sites for hydroxylation is 2. The monoisotopic (exact) mass is 1630 g/mol. The molecule has 39 heteroatoms. The summed E-state index contributed by atoms with van der Waals surface area (Å²) in [5, 5.41) is 39.1. The first-order valence-corrected chi connectivity index (χ1v) is 32.9. The van der Waals surface area contributed by atoms with Crippen molar-refractivity contribution in [2.75, 3.05) is 22.9 Å². The standard InChI is InChI=1S/C21H19N5O4.C19H25BN2O5.C8H6BrN3O.C6H6BrN3O.C6H3BrN2.C4H6O3.CH2O3.H3NO.Na/c1-11(27)22-10-19-18-8-15-7-13(4-6-17(15)26(18)21(28)29-19)14-3-5-16(23-9-14)20-24-12(2)30-25-20;1-11(23)21-10-16-15-9-12-8-13(6-7-14(12)22(15)17(24)25-16)20-26-18(2,3)19(4,5)27-20;1-5-11-8(12-13-5)7-3-2-6(9)4-10-7;7-4-1-2-5(9-3-4)6(8)10-11;1-8-6-3-2-5(7)4-9-6;1-3(5)7-4(2)6;2-1-4-3;1-2;/h3-7,9,18-19H,8,10H2,1-2H3,(H,22,27);6-8,15-16H,9-10H2,1-5H3,(H,21,23);2-4H,1H3;1-3,11H,(H2,8,10);2-4H;1-2H3;1,3H;2H,1H2;/q;;;;;;;;+1/p-1/t18-,19-;15-,16-;;;;;;;/m00......./s1. The normalized spacial score (nSPS) is 16.7. The van der Waals surface area contributed by atoms with Crippen LogP contribution in [0.3, 0.4) is 0 Å². The third kappa shape index (κ3) is 23.8. The van der Waals surface area contributed by atoms with Gasteiger partial charge in [-0.1, -0.05) is 52.4 Å². The Kier molecular flexibility index (Phi) is 32.7. The minimum absolute atomic E-state index is 0. The molecule has 5 aliphatic heterocycles. The largest absolute Gasteiger partial charge is 1.00 e. The molecule has 8 aromatic rings. The van der Waals surface area contributed by atoms with Crippen LogP contribution in [0.15, 0.2) is 137 Å². The van der Waals surface area contributed by atoms with Gasteiger partial charge < -0.3 is 74.3 Å². The maximum absolute atomic E-state index is 12.4. The molecule has 2 aromatic carbocycles. The number of esters is 2. The Hall–Kier alpha value is -9.53.